The predicted molar refractivity (Wildman–Crippen MR) is 70.0 cm³/mol. The minimum Gasteiger partial charge on any atom is -0.348 e. The average molecular weight is 238 g/mol. The van der Waals surface area contributed by atoms with E-state index >= 15 is 0 Å². The van der Waals surface area contributed by atoms with Gasteiger partial charge in [0.15, 0.2) is 0 Å². The summed E-state index contributed by atoms with van der Waals surface area (Å²) in [6.45, 7) is 3.88. The second kappa shape index (κ2) is 5.28. The van der Waals surface area contributed by atoms with E-state index in [1.165, 1.54) is 0 Å². The molecule has 0 aliphatic heterocycles. The van der Waals surface area contributed by atoms with Gasteiger partial charge >= 0.3 is 0 Å². The monoisotopic (exact) mass is 238 g/mol. The summed E-state index contributed by atoms with van der Waals surface area (Å²) in [6, 6.07) is 13.8. The Hall–Kier alpha value is -2.41. The zero-order valence-corrected chi connectivity index (χ0v) is 10.4. The highest BCUT2D eigenvalue weighted by atomic mass is 15.1. The van der Waals surface area contributed by atoms with Crippen molar-refractivity contribution in [3.63, 3.8) is 0 Å². The molecular formula is C14H14N4. The van der Waals surface area contributed by atoms with Crippen molar-refractivity contribution in [1.82, 2.24) is 9.97 Å². The van der Waals surface area contributed by atoms with Crippen molar-refractivity contribution in [3.05, 3.63) is 53.3 Å². The summed E-state index contributed by atoms with van der Waals surface area (Å²) in [5.74, 6) is 0.489. The number of nitrogens with zero attached hydrogens (tertiary/aromatic N) is 3. The molecule has 1 N–H and O–H groups in total. The number of nitriles is 1. The number of hydrogen-bond acceptors (Lipinski definition) is 4. The Morgan fingerprint density at radius 2 is 1.94 bits per heavy atom. The summed E-state index contributed by atoms with van der Waals surface area (Å²) in [5.41, 5.74) is 2.32. The zero-order chi connectivity index (χ0) is 13.0. The summed E-state index contributed by atoms with van der Waals surface area (Å²) < 4.78 is 0. The molecule has 1 aromatic heterocycles. The molecule has 90 valence electrons. The van der Waals surface area contributed by atoms with Crippen LogP contribution in [0.1, 0.15) is 29.9 Å². The molecule has 1 aromatic carbocycles. The normalized spacial score (nSPS) is 11.6. The summed E-state index contributed by atoms with van der Waals surface area (Å²) in [4.78, 5) is 8.41. The zero-order valence-electron chi connectivity index (χ0n) is 10.4. The fourth-order valence-electron chi connectivity index (χ4n) is 1.71. The number of aromatic nitrogens is 2. The van der Waals surface area contributed by atoms with Gasteiger partial charge in [-0.15, -0.1) is 0 Å². The molecule has 0 amide bonds. The number of aryl methyl sites for hydroxylation is 1. The highest BCUT2D eigenvalue weighted by molar-refractivity contribution is 5.36. The Labute approximate surface area is 106 Å². The summed E-state index contributed by atoms with van der Waals surface area (Å²) in [7, 11) is 0. The molecular weight excluding hydrogens is 224 g/mol. The van der Waals surface area contributed by atoms with Gasteiger partial charge in [-0.25, -0.2) is 9.97 Å². The molecule has 4 heteroatoms. The molecule has 0 fully saturated rings. The minimum absolute atomic E-state index is 0.0968. The van der Waals surface area contributed by atoms with Crippen LogP contribution in [0.3, 0.4) is 0 Å². The van der Waals surface area contributed by atoms with Crippen molar-refractivity contribution in [2.24, 2.45) is 0 Å². The van der Waals surface area contributed by atoms with Gasteiger partial charge in [0.2, 0.25) is 5.95 Å². The topological polar surface area (TPSA) is 61.6 Å². The highest BCUT2D eigenvalue weighted by Gasteiger charge is 2.07. The quantitative estimate of drug-likeness (QED) is 0.893. The standard InChI is InChI=1S/C14H14N4/c1-10-8-13(9-15)18-14(16-10)17-11(2)12-6-4-3-5-7-12/h3-8,11H,1-2H3,(H,16,17,18). The molecule has 4 nitrogen and oxygen atoms in total. The molecule has 1 heterocycles. The van der Waals surface area contributed by atoms with Crippen molar-refractivity contribution >= 4 is 5.95 Å². The van der Waals surface area contributed by atoms with E-state index in [9.17, 15) is 0 Å². The van der Waals surface area contributed by atoms with E-state index in [1.54, 1.807) is 6.07 Å². The van der Waals surface area contributed by atoms with Gasteiger partial charge in [-0.3, -0.25) is 0 Å². The third-order valence-corrected chi connectivity index (χ3v) is 2.61. The van der Waals surface area contributed by atoms with Crippen LogP contribution >= 0.6 is 0 Å². The summed E-state index contributed by atoms with van der Waals surface area (Å²) >= 11 is 0. The van der Waals surface area contributed by atoms with E-state index in [-0.39, 0.29) is 6.04 Å². The molecule has 0 aliphatic rings. The first kappa shape index (κ1) is 12.1. The number of rotatable bonds is 3. The van der Waals surface area contributed by atoms with Gasteiger partial charge in [0.25, 0.3) is 0 Å². The molecule has 0 bridgehead atoms. The van der Waals surface area contributed by atoms with Crippen LogP contribution in [-0.2, 0) is 0 Å². The fourth-order valence-corrected chi connectivity index (χ4v) is 1.71. The predicted octanol–water partition coefficient (Wildman–Crippen LogP) is 2.83. The molecule has 18 heavy (non-hydrogen) atoms. The fraction of sp³-hybridized carbons (Fsp3) is 0.214. The van der Waals surface area contributed by atoms with E-state index in [0.29, 0.717) is 11.6 Å². The van der Waals surface area contributed by atoms with Gasteiger partial charge < -0.3 is 5.32 Å². The van der Waals surface area contributed by atoms with Gasteiger partial charge in [0.05, 0.1) is 6.04 Å². The summed E-state index contributed by atoms with van der Waals surface area (Å²) in [5, 5.41) is 12.1. The van der Waals surface area contributed by atoms with E-state index in [1.807, 2.05) is 50.2 Å². The Morgan fingerprint density at radius 3 is 2.61 bits per heavy atom. The number of hydrogen-bond donors (Lipinski definition) is 1. The number of benzene rings is 1. The first-order valence-electron chi connectivity index (χ1n) is 5.76. The molecule has 0 spiro atoms. The van der Waals surface area contributed by atoms with Gasteiger partial charge in [-0.05, 0) is 25.5 Å². The average Bonchev–Trinajstić information content (AvgIpc) is 2.39. The lowest BCUT2D eigenvalue weighted by Gasteiger charge is -2.14. The molecule has 1 atom stereocenters. The maximum Gasteiger partial charge on any atom is 0.224 e. The van der Waals surface area contributed by atoms with Gasteiger partial charge in [-0.1, -0.05) is 30.3 Å². The Kier molecular flexibility index (Phi) is 3.54. The lowest BCUT2D eigenvalue weighted by Crippen LogP contribution is -2.10. The van der Waals surface area contributed by atoms with Crippen molar-refractivity contribution in [2.45, 2.75) is 19.9 Å². The van der Waals surface area contributed by atoms with Crippen LogP contribution in [0.5, 0.6) is 0 Å². The van der Waals surface area contributed by atoms with Crippen molar-refractivity contribution < 1.29 is 0 Å². The lowest BCUT2D eigenvalue weighted by atomic mass is 10.1. The third-order valence-electron chi connectivity index (χ3n) is 2.61. The smallest absolute Gasteiger partial charge is 0.224 e. The van der Waals surface area contributed by atoms with Crippen LogP contribution < -0.4 is 5.32 Å². The largest absolute Gasteiger partial charge is 0.348 e. The molecule has 0 saturated carbocycles. The van der Waals surface area contributed by atoms with Crippen LogP contribution in [-0.4, -0.2) is 9.97 Å². The first-order valence-corrected chi connectivity index (χ1v) is 5.76. The lowest BCUT2D eigenvalue weighted by molar-refractivity contribution is 0.855. The molecule has 0 aliphatic carbocycles. The van der Waals surface area contributed by atoms with E-state index in [2.05, 4.69) is 15.3 Å². The Bertz CT molecular complexity index is 572. The maximum absolute atomic E-state index is 8.87. The highest BCUT2D eigenvalue weighted by Crippen LogP contribution is 2.16. The van der Waals surface area contributed by atoms with E-state index in [4.69, 9.17) is 5.26 Å². The molecule has 2 aromatic rings. The SMILES string of the molecule is Cc1cc(C#N)nc(NC(C)c2ccccc2)n1. The van der Waals surface area contributed by atoms with Crippen molar-refractivity contribution in [1.29, 1.82) is 5.26 Å². The molecule has 1 unspecified atom stereocenters. The number of nitrogens with one attached hydrogen (secondary N) is 1. The maximum atomic E-state index is 8.87. The van der Waals surface area contributed by atoms with Crippen LogP contribution in [0.25, 0.3) is 0 Å². The van der Waals surface area contributed by atoms with Crippen molar-refractivity contribution in [3.8, 4) is 6.07 Å². The third kappa shape index (κ3) is 2.83. The van der Waals surface area contributed by atoms with Crippen LogP contribution in [0, 0.1) is 18.3 Å². The van der Waals surface area contributed by atoms with Gasteiger partial charge in [0, 0.05) is 5.69 Å². The van der Waals surface area contributed by atoms with Crippen molar-refractivity contribution in [2.75, 3.05) is 5.32 Å². The first-order chi connectivity index (χ1) is 8.69. The van der Waals surface area contributed by atoms with E-state index < -0.39 is 0 Å². The van der Waals surface area contributed by atoms with Crippen LogP contribution in [0.15, 0.2) is 36.4 Å². The second-order valence-corrected chi connectivity index (χ2v) is 4.11. The molecule has 2 rings (SSSR count). The Balaban J connectivity index is 2.20. The molecule has 0 radical (unpaired) electrons. The Morgan fingerprint density at radius 1 is 1.22 bits per heavy atom. The second-order valence-electron chi connectivity index (χ2n) is 4.11. The summed E-state index contributed by atoms with van der Waals surface area (Å²) in [6.07, 6.45) is 0. The van der Waals surface area contributed by atoms with Gasteiger partial charge in [-0.2, -0.15) is 5.26 Å². The molecule has 0 saturated heterocycles. The van der Waals surface area contributed by atoms with Crippen LogP contribution in [0.4, 0.5) is 5.95 Å². The van der Waals surface area contributed by atoms with Crippen LogP contribution in [0.2, 0.25) is 0 Å². The van der Waals surface area contributed by atoms with E-state index in [0.717, 1.165) is 11.3 Å². The number of anilines is 1. The minimum atomic E-state index is 0.0968. The van der Waals surface area contributed by atoms with Gasteiger partial charge in [0.1, 0.15) is 11.8 Å².